The summed E-state index contributed by atoms with van der Waals surface area (Å²) in [5, 5.41) is 0. The molecule has 1 aliphatic carbocycles. The molecule has 1 amide bonds. The highest BCUT2D eigenvalue weighted by molar-refractivity contribution is 5.95. The molecule has 0 unspecified atom stereocenters. The normalized spacial score (nSPS) is 19.9. The van der Waals surface area contributed by atoms with Gasteiger partial charge >= 0.3 is 0 Å². The van der Waals surface area contributed by atoms with E-state index in [-0.39, 0.29) is 11.9 Å². The van der Waals surface area contributed by atoms with Gasteiger partial charge in [-0.3, -0.25) is 14.8 Å². The second-order valence-corrected chi connectivity index (χ2v) is 6.58. The summed E-state index contributed by atoms with van der Waals surface area (Å²) in [5.41, 5.74) is 5.39. The van der Waals surface area contributed by atoms with Crippen LogP contribution in [0, 0.1) is 6.92 Å². The Kier molecular flexibility index (Phi) is 3.60. The monoisotopic (exact) mass is 307 g/mol. The van der Waals surface area contributed by atoms with Crippen molar-refractivity contribution in [2.24, 2.45) is 0 Å². The molecule has 1 saturated heterocycles. The topological polar surface area (TPSA) is 46.1 Å². The van der Waals surface area contributed by atoms with Crippen LogP contribution in [0.4, 0.5) is 0 Å². The molecule has 1 atom stereocenters. The van der Waals surface area contributed by atoms with Gasteiger partial charge in [0, 0.05) is 18.3 Å². The summed E-state index contributed by atoms with van der Waals surface area (Å²) in [7, 11) is 0. The van der Waals surface area contributed by atoms with E-state index in [0.29, 0.717) is 0 Å². The Balaban J connectivity index is 1.62. The lowest BCUT2D eigenvalue weighted by Gasteiger charge is -2.24. The standard InChI is InChI=1S/C19H21N3O/c1-13-11-20-12-17(21-13)18-6-3-9-22(18)19(23)16-8-7-14-4-2-5-15(14)10-16/h7-8,10-12,18H,2-6,9H2,1H3/t18-/m0/s1. The zero-order valence-corrected chi connectivity index (χ0v) is 13.5. The number of benzene rings is 1. The van der Waals surface area contributed by atoms with Crippen molar-refractivity contribution in [2.45, 2.75) is 45.1 Å². The Morgan fingerprint density at radius 2 is 2.04 bits per heavy atom. The minimum absolute atomic E-state index is 0.0585. The van der Waals surface area contributed by atoms with Gasteiger partial charge in [0.1, 0.15) is 0 Å². The van der Waals surface area contributed by atoms with Crippen LogP contribution in [0.3, 0.4) is 0 Å². The number of aryl methyl sites for hydroxylation is 3. The summed E-state index contributed by atoms with van der Waals surface area (Å²) in [6.07, 6.45) is 9.00. The van der Waals surface area contributed by atoms with E-state index in [4.69, 9.17) is 0 Å². The molecule has 4 nitrogen and oxygen atoms in total. The van der Waals surface area contributed by atoms with Crippen molar-refractivity contribution < 1.29 is 4.79 Å². The van der Waals surface area contributed by atoms with Gasteiger partial charge in [0.25, 0.3) is 5.91 Å². The largest absolute Gasteiger partial charge is 0.330 e. The van der Waals surface area contributed by atoms with Crippen LogP contribution in [0.5, 0.6) is 0 Å². The van der Waals surface area contributed by atoms with Crippen molar-refractivity contribution in [3.05, 3.63) is 58.7 Å². The van der Waals surface area contributed by atoms with Crippen LogP contribution in [-0.2, 0) is 12.8 Å². The molecule has 0 saturated carbocycles. The van der Waals surface area contributed by atoms with Crippen LogP contribution < -0.4 is 0 Å². The third-order valence-electron chi connectivity index (χ3n) is 4.97. The van der Waals surface area contributed by atoms with E-state index in [1.54, 1.807) is 12.4 Å². The second kappa shape index (κ2) is 5.76. The highest BCUT2D eigenvalue weighted by atomic mass is 16.2. The fraction of sp³-hybridized carbons (Fsp3) is 0.421. The first kappa shape index (κ1) is 14.4. The van der Waals surface area contributed by atoms with Crippen LogP contribution in [0.25, 0.3) is 0 Å². The Morgan fingerprint density at radius 1 is 1.17 bits per heavy atom. The number of amides is 1. The van der Waals surface area contributed by atoms with E-state index in [0.717, 1.165) is 49.2 Å². The molecular weight excluding hydrogens is 286 g/mol. The molecule has 1 aliphatic heterocycles. The molecule has 4 heteroatoms. The minimum Gasteiger partial charge on any atom is -0.330 e. The predicted octanol–water partition coefficient (Wildman–Crippen LogP) is 3.25. The maximum atomic E-state index is 13.0. The van der Waals surface area contributed by atoms with E-state index in [1.165, 1.54) is 17.5 Å². The van der Waals surface area contributed by atoms with Gasteiger partial charge in [-0.15, -0.1) is 0 Å². The summed E-state index contributed by atoms with van der Waals surface area (Å²) < 4.78 is 0. The van der Waals surface area contributed by atoms with Gasteiger partial charge in [0.15, 0.2) is 0 Å². The lowest BCUT2D eigenvalue weighted by Crippen LogP contribution is -2.31. The fourth-order valence-electron chi connectivity index (χ4n) is 3.83. The number of fused-ring (bicyclic) bond motifs is 1. The molecule has 0 bridgehead atoms. The fourth-order valence-corrected chi connectivity index (χ4v) is 3.83. The number of likely N-dealkylation sites (tertiary alicyclic amines) is 1. The first-order valence-corrected chi connectivity index (χ1v) is 8.44. The quantitative estimate of drug-likeness (QED) is 0.855. The zero-order chi connectivity index (χ0) is 15.8. The molecule has 2 aromatic rings. The van der Waals surface area contributed by atoms with Gasteiger partial charge in [-0.2, -0.15) is 0 Å². The first-order valence-electron chi connectivity index (χ1n) is 8.44. The highest BCUT2D eigenvalue weighted by Crippen LogP contribution is 2.32. The number of rotatable bonds is 2. The molecule has 4 rings (SSSR count). The van der Waals surface area contributed by atoms with Crippen molar-refractivity contribution in [3.63, 3.8) is 0 Å². The average Bonchev–Trinajstić information content (AvgIpc) is 3.22. The Bertz CT molecular complexity index is 756. The number of nitrogens with zero attached hydrogens (tertiary/aromatic N) is 3. The van der Waals surface area contributed by atoms with Gasteiger partial charge in [-0.25, -0.2) is 0 Å². The molecule has 2 heterocycles. The van der Waals surface area contributed by atoms with Gasteiger partial charge in [0.05, 0.1) is 23.6 Å². The summed E-state index contributed by atoms with van der Waals surface area (Å²) in [6, 6.07) is 6.28. The van der Waals surface area contributed by atoms with Crippen molar-refractivity contribution in [3.8, 4) is 0 Å². The maximum Gasteiger partial charge on any atom is 0.254 e. The van der Waals surface area contributed by atoms with Gasteiger partial charge in [-0.05, 0) is 62.3 Å². The molecule has 0 N–H and O–H groups in total. The number of aromatic nitrogens is 2. The van der Waals surface area contributed by atoms with Crippen LogP contribution in [-0.4, -0.2) is 27.3 Å². The summed E-state index contributed by atoms with van der Waals surface area (Å²) in [6.45, 7) is 2.74. The number of hydrogen-bond acceptors (Lipinski definition) is 3. The van der Waals surface area contributed by atoms with Gasteiger partial charge < -0.3 is 4.90 Å². The SMILES string of the molecule is Cc1cncc([C@@H]2CCCN2C(=O)c2ccc3c(c2)CCC3)n1. The zero-order valence-electron chi connectivity index (χ0n) is 13.5. The smallest absolute Gasteiger partial charge is 0.254 e. The lowest BCUT2D eigenvalue weighted by atomic mass is 10.0. The Hall–Kier alpha value is -2.23. The van der Waals surface area contributed by atoms with Crippen LogP contribution in [0.2, 0.25) is 0 Å². The van der Waals surface area contributed by atoms with E-state index in [9.17, 15) is 4.79 Å². The molecule has 1 aromatic carbocycles. The predicted molar refractivity (Wildman–Crippen MR) is 88.2 cm³/mol. The van der Waals surface area contributed by atoms with Crippen LogP contribution >= 0.6 is 0 Å². The van der Waals surface area contributed by atoms with Crippen LogP contribution in [0.1, 0.15) is 58.2 Å². The van der Waals surface area contributed by atoms with Gasteiger partial charge in [-0.1, -0.05) is 6.07 Å². The first-order chi connectivity index (χ1) is 11.2. The van der Waals surface area contributed by atoms with E-state index in [2.05, 4.69) is 22.1 Å². The van der Waals surface area contributed by atoms with E-state index in [1.807, 2.05) is 17.9 Å². The second-order valence-electron chi connectivity index (χ2n) is 6.58. The highest BCUT2D eigenvalue weighted by Gasteiger charge is 2.32. The average molecular weight is 307 g/mol. The molecule has 0 spiro atoms. The van der Waals surface area contributed by atoms with E-state index >= 15 is 0 Å². The molecule has 23 heavy (non-hydrogen) atoms. The number of carbonyl (C=O) groups excluding carboxylic acids is 1. The van der Waals surface area contributed by atoms with Crippen LogP contribution in [0.15, 0.2) is 30.6 Å². The van der Waals surface area contributed by atoms with Gasteiger partial charge in [0.2, 0.25) is 0 Å². The lowest BCUT2D eigenvalue weighted by molar-refractivity contribution is 0.0732. The molecule has 2 aliphatic rings. The summed E-state index contributed by atoms with van der Waals surface area (Å²) >= 11 is 0. The summed E-state index contributed by atoms with van der Waals surface area (Å²) in [5.74, 6) is 0.130. The Morgan fingerprint density at radius 3 is 2.91 bits per heavy atom. The third kappa shape index (κ3) is 2.62. The number of hydrogen-bond donors (Lipinski definition) is 0. The summed E-state index contributed by atoms with van der Waals surface area (Å²) in [4.78, 5) is 23.8. The van der Waals surface area contributed by atoms with Crippen molar-refractivity contribution in [1.29, 1.82) is 0 Å². The number of carbonyl (C=O) groups is 1. The third-order valence-corrected chi connectivity index (χ3v) is 4.97. The van der Waals surface area contributed by atoms with Crippen molar-refractivity contribution >= 4 is 5.91 Å². The van der Waals surface area contributed by atoms with Crippen molar-refractivity contribution in [2.75, 3.05) is 6.54 Å². The Labute approximate surface area is 136 Å². The molecule has 0 radical (unpaired) electrons. The maximum absolute atomic E-state index is 13.0. The van der Waals surface area contributed by atoms with E-state index < -0.39 is 0 Å². The molecule has 1 fully saturated rings. The van der Waals surface area contributed by atoms with Crippen molar-refractivity contribution in [1.82, 2.24) is 14.9 Å². The minimum atomic E-state index is 0.0585. The molecule has 1 aromatic heterocycles. The molecule has 118 valence electrons. The molecular formula is C19H21N3O.